The lowest BCUT2D eigenvalue weighted by Crippen LogP contribution is -1.99. The number of carboxylic acid groups (broad SMARTS) is 1. The van der Waals surface area contributed by atoms with Crippen molar-refractivity contribution in [2.75, 3.05) is 0 Å². The number of aryl methyl sites for hydroxylation is 1. The number of hydrogen-bond donors (Lipinski definition) is 1. The third-order valence-corrected chi connectivity index (χ3v) is 2.93. The van der Waals surface area contributed by atoms with Gasteiger partial charge in [0.2, 0.25) is 0 Å². The van der Waals surface area contributed by atoms with Gasteiger partial charge in [0, 0.05) is 5.56 Å². The Bertz CT molecular complexity index is 777. The summed E-state index contributed by atoms with van der Waals surface area (Å²) in [6, 6.07) is 11.5. The minimum Gasteiger partial charge on any atom is -0.478 e. The van der Waals surface area contributed by atoms with Crippen molar-refractivity contribution in [3.05, 3.63) is 53.7 Å². The first kappa shape index (κ1) is 11.4. The largest absolute Gasteiger partial charge is 0.478 e. The molecule has 0 unspecified atom stereocenters. The summed E-state index contributed by atoms with van der Waals surface area (Å²) in [5, 5.41) is 17.3. The molecule has 0 radical (unpaired) electrons. The summed E-state index contributed by atoms with van der Waals surface area (Å²) in [5.41, 5.74) is 3.53. The van der Waals surface area contributed by atoms with Gasteiger partial charge in [0.1, 0.15) is 11.1 Å². The van der Waals surface area contributed by atoms with Crippen molar-refractivity contribution < 1.29 is 9.90 Å². The number of fused-ring (bicyclic) bond motifs is 1. The van der Waals surface area contributed by atoms with Gasteiger partial charge >= 0.3 is 5.97 Å². The summed E-state index contributed by atoms with van der Waals surface area (Å²) in [7, 11) is 0. The number of carbonyl (C=O) groups is 1. The fourth-order valence-corrected chi connectivity index (χ4v) is 2.00. The number of benzene rings is 1. The van der Waals surface area contributed by atoms with Gasteiger partial charge in [-0.3, -0.25) is 0 Å². The molecule has 94 valence electrons. The summed E-state index contributed by atoms with van der Waals surface area (Å²) in [6.45, 7) is 2.01. The first-order valence-electron chi connectivity index (χ1n) is 5.80. The van der Waals surface area contributed by atoms with Crippen LogP contribution in [0.15, 0.2) is 42.6 Å². The van der Waals surface area contributed by atoms with Crippen molar-refractivity contribution in [1.82, 2.24) is 14.8 Å². The minimum atomic E-state index is -1.000. The Labute approximate surface area is 109 Å². The zero-order valence-corrected chi connectivity index (χ0v) is 10.2. The first-order chi connectivity index (χ1) is 9.15. The maximum atomic E-state index is 11.0. The highest BCUT2D eigenvalue weighted by Gasteiger charge is 2.12. The Hall–Kier alpha value is -2.69. The van der Waals surface area contributed by atoms with E-state index in [0.717, 1.165) is 16.8 Å². The smallest absolute Gasteiger partial charge is 0.339 e. The van der Waals surface area contributed by atoms with Gasteiger partial charge < -0.3 is 5.11 Å². The lowest BCUT2D eigenvalue weighted by atomic mass is 10.1. The van der Waals surface area contributed by atoms with E-state index in [1.54, 1.807) is 12.1 Å². The van der Waals surface area contributed by atoms with E-state index in [4.69, 9.17) is 5.11 Å². The summed E-state index contributed by atoms with van der Waals surface area (Å²) in [6.07, 6.45) is 1.31. The maximum Gasteiger partial charge on any atom is 0.339 e. The Balaban J connectivity index is 2.15. The summed E-state index contributed by atoms with van der Waals surface area (Å²) < 4.78 is 1.35. The Morgan fingerprint density at radius 3 is 2.84 bits per heavy atom. The van der Waals surface area contributed by atoms with Crippen LogP contribution in [0.3, 0.4) is 0 Å². The molecule has 2 heterocycles. The normalized spacial score (nSPS) is 10.8. The number of aromatic carboxylic acids is 1. The van der Waals surface area contributed by atoms with Crippen LogP contribution in [0.2, 0.25) is 0 Å². The number of hydrogen-bond acceptors (Lipinski definition) is 3. The van der Waals surface area contributed by atoms with Crippen LogP contribution in [0.1, 0.15) is 15.9 Å². The van der Waals surface area contributed by atoms with Gasteiger partial charge in [-0.15, -0.1) is 5.10 Å². The van der Waals surface area contributed by atoms with Crippen molar-refractivity contribution in [1.29, 1.82) is 0 Å². The zero-order chi connectivity index (χ0) is 13.4. The molecule has 0 aliphatic heterocycles. The van der Waals surface area contributed by atoms with Crippen molar-refractivity contribution in [2.45, 2.75) is 6.92 Å². The molecule has 5 nitrogen and oxygen atoms in total. The molecule has 0 amide bonds. The molecule has 1 aromatic carbocycles. The molecule has 0 spiro atoms. The second-order valence-corrected chi connectivity index (χ2v) is 4.33. The number of rotatable bonds is 2. The molecule has 1 N–H and O–H groups in total. The van der Waals surface area contributed by atoms with Crippen LogP contribution in [0, 0.1) is 6.92 Å². The maximum absolute atomic E-state index is 11.0. The van der Waals surface area contributed by atoms with Crippen LogP contribution in [0.25, 0.3) is 16.8 Å². The van der Waals surface area contributed by atoms with Crippen molar-refractivity contribution in [3.63, 3.8) is 0 Å². The Morgan fingerprint density at radius 2 is 2.11 bits per heavy atom. The molecular weight excluding hydrogens is 242 g/mol. The average Bonchev–Trinajstić information content (AvgIpc) is 2.81. The third kappa shape index (κ3) is 1.95. The van der Waals surface area contributed by atoms with Crippen LogP contribution in [-0.2, 0) is 0 Å². The second-order valence-electron chi connectivity index (χ2n) is 4.33. The van der Waals surface area contributed by atoms with E-state index in [-0.39, 0.29) is 5.56 Å². The highest BCUT2D eigenvalue weighted by Crippen LogP contribution is 2.19. The highest BCUT2D eigenvalue weighted by atomic mass is 16.4. The number of aromatic nitrogens is 3. The van der Waals surface area contributed by atoms with Gasteiger partial charge in [-0.05, 0) is 25.1 Å². The predicted octanol–water partition coefficient (Wildman–Crippen LogP) is 2.40. The van der Waals surface area contributed by atoms with Crippen molar-refractivity contribution in [2.24, 2.45) is 0 Å². The molecule has 0 aliphatic rings. The molecule has 0 bridgehead atoms. The van der Waals surface area contributed by atoms with E-state index in [1.807, 2.05) is 31.2 Å². The molecule has 3 aromatic rings. The van der Waals surface area contributed by atoms with Crippen LogP contribution < -0.4 is 0 Å². The molecule has 19 heavy (non-hydrogen) atoms. The zero-order valence-electron chi connectivity index (χ0n) is 10.2. The van der Waals surface area contributed by atoms with Crippen LogP contribution in [-0.4, -0.2) is 25.9 Å². The molecule has 0 fully saturated rings. The van der Waals surface area contributed by atoms with E-state index >= 15 is 0 Å². The number of nitrogens with zero attached hydrogens (tertiary/aromatic N) is 3. The summed E-state index contributed by atoms with van der Waals surface area (Å²) >= 11 is 0. The Morgan fingerprint density at radius 1 is 1.26 bits per heavy atom. The predicted molar refractivity (Wildman–Crippen MR) is 70.1 cm³/mol. The fourth-order valence-electron chi connectivity index (χ4n) is 2.00. The molecule has 0 aliphatic carbocycles. The molecule has 2 aromatic heterocycles. The summed E-state index contributed by atoms with van der Waals surface area (Å²) in [5.74, 6) is -1.000. The van der Waals surface area contributed by atoms with E-state index in [9.17, 15) is 4.79 Å². The van der Waals surface area contributed by atoms with Gasteiger partial charge in [0.05, 0.1) is 11.9 Å². The van der Waals surface area contributed by atoms with E-state index < -0.39 is 5.97 Å². The lowest BCUT2D eigenvalue weighted by Gasteiger charge is -2.02. The monoisotopic (exact) mass is 253 g/mol. The lowest BCUT2D eigenvalue weighted by molar-refractivity contribution is 0.0699. The fraction of sp³-hybridized carbons (Fsp3) is 0.0714. The van der Waals surface area contributed by atoms with Crippen LogP contribution in [0.4, 0.5) is 0 Å². The molecule has 3 rings (SSSR count). The quantitative estimate of drug-likeness (QED) is 0.761. The topological polar surface area (TPSA) is 67.5 Å². The number of carboxylic acids is 1. The van der Waals surface area contributed by atoms with Crippen LogP contribution in [0.5, 0.6) is 0 Å². The SMILES string of the molecule is Cc1cccc(-c2ccc3c(C(=O)O)cnn3n2)c1. The second kappa shape index (κ2) is 4.20. The molecule has 0 saturated heterocycles. The Kier molecular flexibility index (Phi) is 2.52. The van der Waals surface area contributed by atoms with Crippen LogP contribution >= 0.6 is 0 Å². The van der Waals surface area contributed by atoms with Gasteiger partial charge in [-0.2, -0.15) is 9.73 Å². The van der Waals surface area contributed by atoms with Gasteiger partial charge in [-0.1, -0.05) is 23.8 Å². The van der Waals surface area contributed by atoms with Gasteiger partial charge in [-0.25, -0.2) is 4.79 Å². The first-order valence-corrected chi connectivity index (χ1v) is 5.80. The molecule has 5 heteroatoms. The average molecular weight is 253 g/mol. The van der Waals surface area contributed by atoms with Gasteiger partial charge in [0.15, 0.2) is 0 Å². The van der Waals surface area contributed by atoms with Gasteiger partial charge in [0.25, 0.3) is 0 Å². The van der Waals surface area contributed by atoms with E-state index in [1.165, 1.54) is 10.8 Å². The minimum absolute atomic E-state index is 0.156. The summed E-state index contributed by atoms with van der Waals surface area (Å²) in [4.78, 5) is 11.0. The van der Waals surface area contributed by atoms with E-state index in [2.05, 4.69) is 10.2 Å². The third-order valence-electron chi connectivity index (χ3n) is 2.93. The highest BCUT2D eigenvalue weighted by molar-refractivity contribution is 5.95. The molecule has 0 atom stereocenters. The molecular formula is C14H11N3O2. The van der Waals surface area contributed by atoms with E-state index in [0.29, 0.717) is 5.52 Å². The van der Waals surface area contributed by atoms with Crippen molar-refractivity contribution in [3.8, 4) is 11.3 Å². The standard InChI is InChI=1S/C14H11N3O2/c1-9-3-2-4-10(7-9)12-5-6-13-11(14(18)19)8-15-17(13)16-12/h2-8H,1H3,(H,18,19). The molecule has 0 saturated carbocycles. The van der Waals surface area contributed by atoms with Crippen molar-refractivity contribution >= 4 is 11.5 Å².